The zero-order valence-electron chi connectivity index (χ0n) is 11.6. The highest BCUT2D eigenvalue weighted by Gasteiger charge is 2.35. The van der Waals surface area contributed by atoms with E-state index in [-0.39, 0.29) is 0 Å². The predicted octanol–water partition coefficient (Wildman–Crippen LogP) is 4.38. The average molecular weight is 342 g/mol. The summed E-state index contributed by atoms with van der Waals surface area (Å²) in [6.45, 7) is 0. The van der Waals surface area contributed by atoms with Crippen molar-refractivity contribution in [3.63, 3.8) is 0 Å². The van der Waals surface area contributed by atoms with Crippen LogP contribution in [0.5, 0.6) is 0 Å². The Morgan fingerprint density at radius 3 is 2.42 bits per heavy atom. The normalized spacial score (nSPS) is 11.7. The zero-order valence-corrected chi connectivity index (χ0v) is 11.6. The van der Waals surface area contributed by atoms with E-state index in [2.05, 4.69) is 9.68 Å². The van der Waals surface area contributed by atoms with Gasteiger partial charge in [-0.3, -0.25) is 4.79 Å². The Hall–Kier alpha value is -2.97. The van der Waals surface area contributed by atoms with Crippen LogP contribution in [0, 0.1) is 11.6 Å². The van der Waals surface area contributed by atoms with Crippen LogP contribution >= 0.6 is 0 Å². The first-order valence-corrected chi connectivity index (χ1v) is 6.50. The van der Waals surface area contributed by atoms with Gasteiger partial charge in [0.25, 0.3) is 5.91 Å². The number of amides is 1. The molecule has 0 bridgehead atoms. The number of carbonyl (C=O) groups is 1. The fourth-order valence-electron chi connectivity index (χ4n) is 2.17. The molecule has 0 saturated carbocycles. The number of anilines is 1. The summed E-state index contributed by atoms with van der Waals surface area (Å²) in [5.41, 5.74) is -2.39. The maximum Gasteiger partial charge on any atom is 0.417 e. The lowest BCUT2D eigenvalue weighted by molar-refractivity contribution is -0.137. The smallest absolute Gasteiger partial charge is 0.351 e. The van der Waals surface area contributed by atoms with E-state index in [1.807, 2.05) is 5.32 Å². The number of halogens is 5. The quantitative estimate of drug-likeness (QED) is 0.703. The summed E-state index contributed by atoms with van der Waals surface area (Å²) in [5.74, 6) is -3.55. The summed E-state index contributed by atoms with van der Waals surface area (Å²) in [6.07, 6.45) is -4.75. The van der Waals surface area contributed by atoms with E-state index in [0.717, 1.165) is 30.3 Å². The number of fused-ring (bicyclic) bond motifs is 1. The van der Waals surface area contributed by atoms with Gasteiger partial charge in [0.2, 0.25) is 5.58 Å². The molecule has 1 N–H and O–H groups in total. The van der Waals surface area contributed by atoms with Crippen molar-refractivity contribution >= 4 is 22.7 Å². The number of hydrogen-bond acceptors (Lipinski definition) is 3. The number of nitrogens with zero attached hydrogens (tertiary/aromatic N) is 1. The Bertz CT molecular complexity index is 933. The number of hydrogen-bond donors (Lipinski definition) is 1. The molecule has 0 fully saturated rings. The van der Waals surface area contributed by atoms with Crippen molar-refractivity contribution in [1.29, 1.82) is 0 Å². The van der Waals surface area contributed by atoms with E-state index in [1.54, 1.807) is 0 Å². The lowest BCUT2D eigenvalue weighted by atomic mass is 10.1. The molecule has 0 atom stereocenters. The Balaban J connectivity index is 2.02. The zero-order chi connectivity index (χ0) is 17.5. The molecule has 9 heteroatoms. The van der Waals surface area contributed by atoms with Crippen molar-refractivity contribution in [3.8, 4) is 0 Å². The first-order valence-electron chi connectivity index (χ1n) is 6.50. The maximum absolute atomic E-state index is 13.8. The molecule has 0 radical (unpaired) electrons. The molecule has 3 rings (SSSR count). The van der Waals surface area contributed by atoms with Crippen LogP contribution in [0.2, 0.25) is 0 Å². The van der Waals surface area contributed by atoms with Gasteiger partial charge < -0.3 is 9.84 Å². The van der Waals surface area contributed by atoms with Crippen LogP contribution < -0.4 is 5.32 Å². The van der Waals surface area contributed by atoms with Gasteiger partial charge in [0.05, 0.1) is 11.1 Å². The minimum atomic E-state index is -4.75. The second kappa shape index (κ2) is 5.59. The number of aromatic nitrogens is 1. The Labute approximate surface area is 130 Å². The highest BCUT2D eigenvalue weighted by Crippen LogP contribution is 2.33. The molecule has 0 aliphatic rings. The first kappa shape index (κ1) is 15.9. The van der Waals surface area contributed by atoms with Gasteiger partial charge in [-0.05, 0) is 24.3 Å². The molecule has 1 amide bonds. The molecule has 0 spiro atoms. The van der Waals surface area contributed by atoms with Crippen LogP contribution in [-0.4, -0.2) is 11.1 Å². The third-order valence-electron chi connectivity index (χ3n) is 3.23. The summed E-state index contributed by atoms with van der Waals surface area (Å²) < 4.78 is 70.7. The Morgan fingerprint density at radius 2 is 1.71 bits per heavy atom. The second-order valence-electron chi connectivity index (χ2n) is 4.76. The number of carbonyl (C=O) groups excluding carboxylic acids is 1. The van der Waals surface area contributed by atoms with Gasteiger partial charge >= 0.3 is 6.18 Å². The van der Waals surface area contributed by atoms with Gasteiger partial charge in [-0.1, -0.05) is 17.3 Å². The lowest BCUT2D eigenvalue weighted by Gasteiger charge is -2.11. The molecule has 4 nitrogen and oxygen atoms in total. The standard InChI is InChI=1S/C15H7F5N2O2/c16-9-5-6-10(17)12-11(9)13(22-24-12)21-14(23)7-3-1-2-4-8(7)15(18,19)20/h1-6H,(H,21,22,23). The highest BCUT2D eigenvalue weighted by atomic mass is 19.4. The Kier molecular flexibility index (Phi) is 3.70. The van der Waals surface area contributed by atoms with Crippen molar-refractivity contribution in [2.24, 2.45) is 0 Å². The van der Waals surface area contributed by atoms with E-state index in [0.29, 0.717) is 0 Å². The SMILES string of the molecule is O=C(Nc1noc2c(F)ccc(F)c12)c1ccccc1C(F)(F)F. The highest BCUT2D eigenvalue weighted by molar-refractivity contribution is 6.08. The van der Waals surface area contributed by atoms with Crippen molar-refractivity contribution < 1.29 is 31.3 Å². The Morgan fingerprint density at radius 1 is 1.04 bits per heavy atom. The van der Waals surface area contributed by atoms with E-state index in [4.69, 9.17) is 0 Å². The molecule has 0 unspecified atom stereocenters. The number of rotatable bonds is 2. The van der Waals surface area contributed by atoms with E-state index < -0.39 is 51.6 Å². The molecule has 3 aromatic rings. The fraction of sp³-hybridized carbons (Fsp3) is 0.0667. The molecule has 0 saturated heterocycles. The fourth-order valence-corrected chi connectivity index (χ4v) is 2.17. The van der Waals surface area contributed by atoms with Crippen molar-refractivity contribution in [2.45, 2.75) is 6.18 Å². The summed E-state index contributed by atoms with van der Waals surface area (Å²) >= 11 is 0. The van der Waals surface area contributed by atoms with Crippen LogP contribution in [0.1, 0.15) is 15.9 Å². The van der Waals surface area contributed by atoms with E-state index in [9.17, 15) is 26.7 Å². The predicted molar refractivity (Wildman–Crippen MR) is 73.3 cm³/mol. The molecule has 2 aromatic carbocycles. The monoisotopic (exact) mass is 342 g/mol. The van der Waals surface area contributed by atoms with Crippen LogP contribution in [0.4, 0.5) is 27.8 Å². The van der Waals surface area contributed by atoms with Crippen LogP contribution in [0.3, 0.4) is 0 Å². The maximum atomic E-state index is 13.8. The van der Waals surface area contributed by atoms with Gasteiger partial charge in [0, 0.05) is 0 Å². The number of alkyl halides is 3. The minimum absolute atomic E-state index is 0.465. The molecular weight excluding hydrogens is 335 g/mol. The van der Waals surface area contributed by atoms with Crippen LogP contribution in [0.15, 0.2) is 40.9 Å². The molecule has 1 aromatic heterocycles. The number of benzene rings is 2. The van der Waals surface area contributed by atoms with Gasteiger partial charge in [0.1, 0.15) is 11.2 Å². The van der Waals surface area contributed by atoms with E-state index >= 15 is 0 Å². The van der Waals surface area contributed by atoms with Gasteiger partial charge in [-0.25, -0.2) is 8.78 Å². The molecular formula is C15H7F5N2O2. The summed E-state index contributed by atoms with van der Waals surface area (Å²) in [7, 11) is 0. The topological polar surface area (TPSA) is 55.1 Å². The van der Waals surface area contributed by atoms with Gasteiger partial charge in [-0.15, -0.1) is 0 Å². The molecule has 1 heterocycles. The van der Waals surface area contributed by atoms with Crippen molar-refractivity contribution in [3.05, 3.63) is 59.2 Å². The summed E-state index contributed by atoms with van der Waals surface area (Å²) in [5, 5.41) is 4.85. The van der Waals surface area contributed by atoms with Crippen molar-refractivity contribution in [1.82, 2.24) is 5.16 Å². The van der Waals surface area contributed by atoms with Gasteiger partial charge in [0.15, 0.2) is 11.6 Å². The third kappa shape index (κ3) is 2.68. The van der Waals surface area contributed by atoms with Gasteiger partial charge in [-0.2, -0.15) is 13.2 Å². The first-order chi connectivity index (χ1) is 11.3. The summed E-state index contributed by atoms with van der Waals surface area (Å²) in [6, 6.07) is 5.64. The number of nitrogens with one attached hydrogen (secondary N) is 1. The minimum Gasteiger partial charge on any atom is -0.351 e. The lowest BCUT2D eigenvalue weighted by Crippen LogP contribution is -2.19. The molecule has 0 aliphatic heterocycles. The van der Waals surface area contributed by atoms with Crippen molar-refractivity contribution in [2.75, 3.05) is 5.32 Å². The second-order valence-corrected chi connectivity index (χ2v) is 4.76. The van der Waals surface area contributed by atoms with Crippen LogP contribution in [-0.2, 0) is 6.18 Å². The molecule has 124 valence electrons. The van der Waals surface area contributed by atoms with Crippen LogP contribution in [0.25, 0.3) is 11.0 Å². The summed E-state index contributed by atoms with van der Waals surface area (Å²) in [4.78, 5) is 12.1. The molecule has 24 heavy (non-hydrogen) atoms. The largest absolute Gasteiger partial charge is 0.417 e. The average Bonchev–Trinajstić information content (AvgIpc) is 2.95. The third-order valence-corrected chi connectivity index (χ3v) is 3.23. The van der Waals surface area contributed by atoms with E-state index in [1.165, 1.54) is 6.07 Å². The molecule has 0 aliphatic carbocycles.